The number of hydrogen-bond acceptors (Lipinski definition) is 5. The molecule has 6 heteroatoms. The van der Waals surface area contributed by atoms with Gasteiger partial charge in [0.2, 0.25) is 0 Å². The predicted octanol–water partition coefficient (Wildman–Crippen LogP) is 1.17. The summed E-state index contributed by atoms with van der Waals surface area (Å²) in [5.74, 6) is -1.08. The molecule has 4 N–H and O–H groups in total. The molecule has 1 amide bonds. The Morgan fingerprint density at radius 1 is 1.44 bits per heavy atom. The lowest BCUT2D eigenvalue weighted by atomic mass is 10.0. The van der Waals surface area contributed by atoms with Gasteiger partial charge in [0.15, 0.2) is 0 Å². The van der Waals surface area contributed by atoms with E-state index in [-0.39, 0.29) is 10.6 Å². The highest BCUT2D eigenvalue weighted by Crippen LogP contribution is 2.32. The third-order valence-corrected chi connectivity index (χ3v) is 3.19. The Hall–Kier alpha value is -1.56. The van der Waals surface area contributed by atoms with Crippen molar-refractivity contribution in [1.82, 2.24) is 0 Å². The van der Waals surface area contributed by atoms with Gasteiger partial charge in [0.1, 0.15) is 4.88 Å². The number of rotatable bonds is 4. The number of hydrogen-bond donors (Lipinski definition) is 2. The lowest BCUT2D eigenvalue weighted by molar-refractivity contribution is 0.0605. The van der Waals surface area contributed by atoms with E-state index in [0.29, 0.717) is 16.9 Å². The highest BCUT2D eigenvalue weighted by Gasteiger charge is 2.24. The van der Waals surface area contributed by atoms with Gasteiger partial charge in [0, 0.05) is 0 Å². The molecule has 16 heavy (non-hydrogen) atoms. The molecule has 1 heterocycles. The second-order valence-electron chi connectivity index (χ2n) is 3.25. The van der Waals surface area contributed by atoms with Crippen LogP contribution in [0.25, 0.3) is 0 Å². The quantitative estimate of drug-likeness (QED) is 0.774. The molecule has 0 aliphatic heterocycles. The van der Waals surface area contributed by atoms with Crippen LogP contribution in [-0.2, 0) is 11.2 Å². The van der Waals surface area contributed by atoms with E-state index >= 15 is 0 Å². The topological polar surface area (TPSA) is 95.4 Å². The van der Waals surface area contributed by atoms with Gasteiger partial charge in [-0.2, -0.15) is 0 Å². The van der Waals surface area contributed by atoms with Gasteiger partial charge in [-0.05, 0) is 12.0 Å². The van der Waals surface area contributed by atoms with Crippen LogP contribution in [0, 0.1) is 0 Å². The third kappa shape index (κ3) is 2.16. The van der Waals surface area contributed by atoms with Crippen molar-refractivity contribution >= 4 is 28.2 Å². The molecule has 0 bridgehead atoms. The second-order valence-corrected chi connectivity index (χ2v) is 4.31. The van der Waals surface area contributed by atoms with Gasteiger partial charge < -0.3 is 16.2 Å². The summed E-state index contributed by atoms with van der Waals surface area (Å²) < 4.78 is 4.64. The van der Waals surface area contributed by atoms with Crippen LogP contribution in [-0.4, -0.2) is 19.0 Å². The predicted molar refractivity (Wildman–Crippen MR) is 62.6 cm³/mol. The molecule has 5 nitrogen and oxygen atoms in total. The summed E-state index contributed by atoms with van der Waals surface area (Å²) >= 11 is 1.04. The monoisotopic (exact) mass is 242 g/mol. The SMILES string of the molecule is CCCc1c(C(=O)OC)sc(N)c1C(N)=O. The molecule has 0 aliphatic rings. The maximum absolute atomic E-state index is 11.5. The van der Waals surface area contributed by atoms with Gasteiger partial charge in [-0.1, -0.05) is 13.3 Å². The van der Waals surface area contributed by atoms with Crippen molar-refractivity contribution < 1.29 is 14.3 Å². The summed E-state index contributed by atoms with van der Waals surface area (Å²) in [5.41, 5.74) is 11.8. The molecule has 88 valence electrons. The van der Waals surface area contributed by atoms with Crippen LogP contribution in [0.3, 0.4) is 0 Å². The fourth-order valence-corrected chi connectivity index (χ4v) is 2.54. The van der Waals surface area contributed by atoms with Crippen LogP contribution >= 0.6 is 11.3 Å². The van der Waals surface area contributed by atoms with E-state index in [1.807, 2.05) is 6.92 Å². The van der Waals surface area contributed by atoms with Gasteiger partial charge >= 0.3 is 5.97 Å². The van der Waals surface area contributed by atoms with Crippen LogP contribution in [0.5, 0.6) is 0 Å². The molecule has 1 aromatic heterocycles. The first-order valence-corrected chi connectivity index (χ1v) is 5.63. The van der Waals surface area contributed by atoms with E-state index in [1.165, 1.54) is 7.11 Å². The molecule has 0 saturated carbocycles. The highest BCUT2D eigenvalue weighted by molar-refractivity contribution is 7.18. The van der Waals surface area contributed by atoms with Crippen LogP contribution in [0.15, 0.2) is 0 Å². The van der Waals surface area contributed by atoms with E-state index in [9.17, 15) is 9.59 Å². The number of amides is 1. The van der Waals surface area contributed by atoms with Crippen molar-refractivity contribution in [2.75, 3.05) is 12.8 Å². The number of thiophene rings is 1. The molecule has 1 aromatic rings. The van der Waals surface area contributed by atoms with Crippen molar-refractivity contribution in [3.8, 4) is 0 Å². The number of carbonyl (C=O) groups excluding carboxylic acids is 2. The first-order valence-electron chi connectivity index (χ1n) is 4.82. The van der Waals surface area contributed by atoms with Gasteiger partial charge in [-0.15, -0.1) is 11.3 Å². The first kappa shape index (κ1) is 12.5. The van der Waals surface area contributed by atoms with Crippen LogP contribution in [0.4, 0.5) is 5.00 Å². The van der Waals surface area contributed by atoms with E-state index in [2.05, 4.69) is 4.74 Å². The molecule has 0 atom stereocenters. The standard InChI is InChI=1S/C10H14N2O3S/c1-3-4-5-6(8(11)13)9(12)16-7(5)10(14)15-2/h3-4,12H2,1-2H3,(H2,11,13). The molecule has 0 radical (unpaired) electrons. The Balaban J connectivity index is 3.34. The van der Waals surface area contributed by atoms with Crippen molar-refractivity contribution in [1.29, 1.82) is 0 Å². The molecule has 0 unspecified atom stereocenters. The number of nitrogens with two attached hydrogens (primary N) is 2. The maximum Gasteiger partial charge on any atom is 0.348 e. The largest absolute Gasteiger partial charge is 0.465 e. The minimum atomic E-state index is -0.604. The van der Waals surface area contributed by atoms with Crippen molar-refractivity contribution in [3.63, 3.8) is 0 Å². The van der Waals surface area contributed by atoms with Crippen molar-refractivity contribution in [2.24, 2.45) is 5.73 Å². The smallest absolute Gasteiger partial charge is 0.348 e. The normalized spacial score (nSPS) is 10.1. The molecule has 0 aromatic carbocycles. The Labute approximate surface area is 97.4 Å². The number of esters is 1. The summed E-state index contributed by atoms with van der Waals surface area (Å²) in [6.07, 6.45) is 1.37. The summed E-state index contributed by atoms with van der Waals surface area (Å²) in [6, 6.07) is 0. The fourth-order valence-electron chi connectivity index (χ4n) is 1.50. The van der Waals surface area contributed by atoms with Gasteiger partial charge in [-0.25, -0.2) is 4.79 Å². The zero-order chi connectivity index (χ0) is 12.3. The van der Waals surface area contributed by atoms with Crippen LogP contribution < -0.4 is 11.5 Å². The van der Waals surface area contributed by atoms with Gasteiger partial charge in [0.25, 0.3) is 5.91 Å². The zero-order valence-corrected chi connectivity index (χ0v) is 10.0. The number of anilines is 1. The first-order chi connectivity index (χ1) is 7.52. The zero-order valence-electron chi connectivity index (χ0n) is 9.20. The number of carbonyl (C=O) groups is 2. The average molecular weight is 242 g/mol. The fraction of sp³-hybridized carbons (Fsp3) is 0.400. The number of ether oxygens (including phenoxy) is 1. The van der Waals surface area contributed by atoms with Crippen LogP contribution in [0.1, 0.15) is 38.9 Å². The van der Waals surface area contributed by atoms with Crippen molar-refractivity contribution in [3.05, 3.63) is 16.0 Å². The van der Waals surface area contributed by atoms with Crippen LogP contribution in [0.2, 0.25) is 0 Å². The van der Waals surface area contributed by atoms with E-state index in [4.69, 9.17) is 11.5 Å². The third-order valence-electron chi connectivity index (χ3n) is 2.15. The molecule has 0 spiro atoms. The number of nitrogen functional groups attached to an aromatic ring is 1. The van der Waals surface area contributed by atoms with Gasteiger partial charge in [-0.3, -0.25) is 4.79 Å². The van der Waals surface area contributed by atoms with Gasteiger partial charge in [0.05, 0.1) is 17.7 Å². The Morgan fingerprint density at radius 3 is 2.50 bits per heavy atom. The molecule has 1 rings (SSSR count). The molecule has 0 saturated heterocycles. The summed E-state index contributed by atoms with van der Waals surface area (Å²) in [7, 11) is 1.29. The maximum atomic E-state index is 11.5. The molecular weight excluding hydrogens is 228 g/mol. The van der Waals surface area contributed by atoms with Crippen molar-refractivity contribution in [2.45, 2.75) is 19.8 Å². The number of primary amides is 1. The molecule has 0 fully saturated rings. The summed E-state index contributed by atoms with van der Waals surface area (Å²) in [4.78, 5) is 23.1. The minimum Gasteiger partial charge on any atom is -0.465 e. The minimum absolute atomic E-state index is 0.257. The second kappa shape index (κ2) is 4.98. The molecule has 0 aliphatic carbocycles. The summed E-state index contributed by atoms with van der Waals surface area (Å²) in [5, 5.41) is 0.274. The van der Waals surface area contributed by atoms with E-state index < -0.39 is 11.9 Å². The van der Waals surface area contributed by atoms with E-state index in [0.717, 1.165) is 17.8 Å². The lowest BCUT2D eigenvalue weighted by Gasteiger charge is -2.02. The summed E-state index contributed by atoms with van der Waals surface area (Å²) in [6.45, 7) is 1.94. The average Bonchev–Trinajstić information content (AvgIpc) is 2.55. The Morgan fingerprint density at radius 2 is 2.06 bits per heavy atom. The number of methoxy groups -OCH3 is 1. The Bertz CT molecular complexity index is 426. The molecular formula is C10H14N2O3S. The highest BCUT2D eigenvalue weighted by atomic mass is 32.1. The Kier molecular flexibility index (Phi) is 3.89. The van der Waals surface area contributed by atoms with E-state index in [1.54, 1.807) is 0 Å². The lowest BCUT2D eigenvalue weighted by Crippen LogP contribution is -2.15.